The lowest BCUT2D eigenvalue weighted by molar-refractivity contribution is 0.0978. The normalized spacial score (nSPS) is 11.0. The number of hydrogen-bond donors (Lipinski definition) is 2. The molecule has 1 amide bonds. The Morgan fingerprint density at radius 2 is 1.79 bits per heavy atom. The van der Waals surface area contributed by atoms with E-state index in [2.05, 4.69) is 0 Å². The fourth-order valence-corrected chi connectivity index (χ4v) is 1.23. The number of amides is 1. The molecule has 0 spiro atoms. The molecule has 76 valence electrons. The first-order valence-electron chi connectivity index (χ1n) is 3.75. The maximum absolute atomic E-state index is 11.1. The Balaban J connectivity index is 2.86. The van der Waals surface area contributed by atoms with Crippen molar-refractivity contribution in [2.45, 2.75) is 6.92 Å². The van der Waals surface area contributed by atoms with Crippen LogP contribution in [0.25, 0.3) is 0 Å². The molecule has 6 heteroatoms. The van der Waals surface area contributed by atoms with Crippen LogP contribution in [-0.4, -0.2) is 18.9 Å². The van der Waals surface area contributed by atoms with Gasteiger partial charge >= 0.3 is 10.3 Å². The average molecular weight is 215 g/mol. The van der Waals surface area contributed by atoms with Gasteiger partial charge in [0.1, 0.15) is 0 Å². The molecule has 0 heterocycles. The predicted molar refractivity (Wildman–Crippen MR) is 50.2 cm³/mol. The molecule has 1 aromatic rings. The van der Waals surface area contributed by atoms with E-state index >= 15 is 0 Å². The van der Waals surface area contributed by atoms with Gasteiger partial charge in [-0.1, -0.05) is 17.7 Å². The van der Waals surface area contributed by atoms with Gasteiger partial charge in [0.05, 0.1) is 0 Å². The standard InChI is InChI=1S/C8H9NO4S/c1-6-2-4-7(5-3-6)8(10)9-14(11,12)13/h2-5H,1H3,(H,9,10)(H,11,12,13). The fraction of sp³-hybridized carbons (Fsp3) is 0.125. The van der Waals surface area contributed by atoms with E-state index < -0.39 is 16.2 Å². The maximum Gasteiger partial charge on any atom is 0.359 e. The molecule has 0 fully saturated rings. The van der Waals surface area contributed by atoms with Crippen molar-refractivity contribution in [1.29, 1.82) is 0 Å². The van der Waals surface area contributed by atoms with Crippen LogP contribution in [0.3, 0.4) is 0 Å². The van der Waals surface area contributed by atoms with Crippen molar-refractivity contribution < 1.29 is 17.8 Å². The predicted octanol–water partition coefficient (Wildman–Crippen LogP) is 0.528. The highest BCUT2D eigenvalue weighted by Crippen LogP contribution is 2.02. The molecule has 0 saturated carbocycles. The van der Waals surface area contributed by atoms with Crippen LogP contribution in [0.4, 0.5) is 0 Å². The van der Waals surface area contributed by atoms with Gasteiger partial charge < -0.3 is 0 Å². The molecule has 0 unspecified atom stereocenters. The van der Waals surface area contributed by atoms with Gasteiger partial charge in [0.15, 0.2) is 0 Å². The molecule has 0 radical (unpaired) electrons. The lowest BCUT2D eigenvalue weighted by Crippen LogP contribution is -2.29. The number of benzene rings is 1. The zero-order valence-electron chi connectivity index (χ0n) is 7.39. The van der Waals surface area contributed by atoms with Crippen LogP contribution in [0.5, 0.6) is 0 Å². The number of carbonyl (C=O) groups excluding carboxylic acids is 1. The van der Waals surface area contributed by atoms with Crippen LogP contribution in [-0.2, 0) is 10.3 Å². The van der Waals surface area contributed by atoms with Crippen LogP contribution >= 0.6 is 0 Å². The van der Waals surface area contributed by atoms with Crippen molar-refractivity contribution in [1.82, 2.24) is 4.72 Å². The van der Waals surface area contributed by atoms with Gasteiger partial charge in [-0.2, -0.15) is 8.42 Å². The van der Waals surface area contributed by atoms with Crippen LogP contribution < -0.4 is 4.72 Å². The second kappa shape index (κ2) is 3.77. The highest BCUT2D eigenvalue weighted by atomic mass is 32.2. The summed E-state index contributed by atoms with van der Waals surface area (Å²) in [6, 6.07) is 6.27. The van der Waals surface area contributed by atoms with Gasteiger partial charge in [0.25, 0.3) is 5.91 Å². The number of rotatable bonds is 2. The zero-order valence-corrected chi connectivity index (χ0v) is 8.21. The molecule has 0 aliphatic rings. The average Bonchev–Trinajstić information content (AvgIpc) is 2.02. The van der Waals surface area contributed by atoms with Crippen molar-refractivity contribution in [3.8, 4) is 0 Å². The third kappa shape index (κ3) is 3.15. The number of carbonyl (C=O) groups is 1. The summed E-state index contributed by atoms with van der Waals surface area (Å²) in [5.74, 6) is -0.854. The molecule has 1 aromatic carbocycles. The summed E-state index contributed by atoms with van der Waals surface area (Å²) < 4.78 is 30.4. The summed E-state index contributed by atoms with van der Waals surface area (Å²) in [7, 11) is -4.48. The summed E-state index contributed by atoms with van der Waals surface area (Å²) in [5, 5.41) is 0. The van der Waals surface area contributed by atoms with Gasteiger partial charge in [0, 0.05) is 5.56 Å². The monoisotopic (exact) mass is 215 g/mol. The van der Waals surface area contributed by atoms with Gasteiger partial charge in [-0.05, 0) is 19.1 Å². The van der Waals surface area contributed by atoms with E-state index in [1.807, 2.05) is 6.92 Å². The number of hydrogen-bond acceptors (Lipinski definition) is 3. The summed E-state index contributed by atoms with van der Waals surface area (Å²) in [6.07, 6.45) is 0. The highest BCUT2D eigenvalue weighted by Gasteiger charge is 2.11. The van der Waals surface area contributed by atoms with Crippen molar-refractivity contribution in [3.05, 3.63) is 35.4 Å². The summed E-state index contributed by atoms with van der Waals surface area (Å²) in [5.41, 5.74) is 1.13. The largest absolute Gasteiger partial charge is 0.359 e. The Labute approximate surface area is 81.6 Å². The van der Waals surface area contributed by atoms with Crippen LogP contribution in [0.2, 0.25) is 0 Å². The maximum atomic E-state index is 11.1. The summed E-state index contributed by atoms with van der Waals surface area (Å²) in [6.45, 7) is 1.84. The van der Waals surface area contributed by atoms with E-state index in [1.54, 1.807) is 12.1 Å². The van der Waals surface area contributed by atoms with Gasteiger partial charge in [-0.15, -0.1) is 0 Å². The van der Waals surface area contributed by atoms with E-state index in [9.17, 15) is 13.2 Å². The Hall–Kier alpha value is -1.40. The zero-order chi connectivity index (χ0) is 10.8. The van der Waals surface area contributed by atoms with Crippen molar-refractivity contribution in [2.24, 2.45) is 0 Å². The number of nitrogens with one attached hydrogen (secondary N) is 1. The summed E-state index contributed by atoms with van der Waals surface area (Å²) in [4.78, 5) is 11.1. The second-order valence-electron chi connectivity index (χ2n) is 2.77. The molecule has 0 bridgehead atoms. The lowest BCUT2D eigenvalue weighted by atomic mass is 10.1. The molecular formula is C8H9NO4S. The molecule has 14 heavy (non-hydrogen) atoms. The topological polar surface area (TPSA) is 83.5 Å². The van der Waals surface area contributed by atoms with E-state index in [-0.39, 0.29) is 5.56 Å². The Morgan fingerprint density at radius 3 is 2.21 bits per heavy atom. The molecule has 0 aliphatic carbocycles. The molecule has 1 rings (SSSR count). The van der Waals surface area contributed by atoms with E-state index in [4.69, 9.17) is 4.55 Å². The smallest absolute Gasteiger partial charge is 0.269 e. The quantitative estimate of drug-likeness (QED) is 0.705. The fourth-order valence-electron chi connectivity index (χ4n) is 0.881. The molecule has 0 aromatic heterocycles. The Morgan fingerprint density at radius 1 is 1.29 bits per heavy atom. The second-order valence-corrected chi connectivity index (χ2v) is 3.93. The number of aryl methyl sites for hydroxylation is 1. The minimum absolute atomic E-state index is 0.174. The minimum Gasteiger partial charge on any atom is -0.269 e. The third-order valence-corrected chi connectivity index (χ3v) is 1.98. The Kier molecular flexibility index (Phi) is 2.87. The molecule has 0 aliphatic heterocycles. The van der Waals surface area contributed by atoms with Gasteiger partial charge in [0.2, 0.25) is 0 Å². The molecule has 2 N–H and O–H groups in total. The van der Waals surface area contributed by atoms with Crippen LogP contribution in [0, 0.1) is 6.92 Å². The molecule has 0 saturated heterocycles. The van der Waals surface area contributed by atoms with E-state index in [1.165, 1.54) is 16.9 Å². The van der Waals surface area contributed by atoms with Crippen molar-refractivity contribution in [2.75, 3.05) is 0 Å². The van der Waals surface area contributed by atoms with Gasteiger partial charge in [-0.3, -0.25) is 9.35 Å². The van der Waals surface area contributed by atoms with E-state index in [0.717, 1.165) is 5.56 Å². The Bertz CT molecular complexity index is 435. The molecular weight excluding hydrogens is 206 g/mol. The SMILES string of the molecule is Cc1ccc(C(=O)NS(=O)(=O)O)cc1. The first-order valence-corrected chi connectivity index (χ1v) is 5.19. The highest BCUT2D eigenvalue weighted by molar-refractivity contribution is 7.84. The van der Waals surface area contributed by atoms with Crippen molar-refractivity contribution in [3.63, 3.8) is 0 Å². The van der Waals surface area contributed by atoms with Crippen LogP contribution in [0.1, 0.15) is 15.9 Å². The van der Waals surface area contributed by atoms with E-state index in [0.29, 0.717) is 0 Å². The third-order valence-electron chi connectivity index (χ3n) is 1.54. The van der Waals surface area contributed by atoms with Crippen LogP contribution in [0.15, 0.2) is 24.3 Å². The first kappa shape index (κ1) is 10.7. The van der Waals surface area contributed by atoms with Crippen molar-refractivity contribution >= 4 is 16.2 Å². The minimum atomic E-state index is -4.48. The van der Waals surface area contributed by atoms with Gasteiger partial charge in [-0.25, -0.2) is 4.72 Å². The molecule has 0 atom stereocenters. The first-order chi connectivity index (χ1) is 6.38. The molecule has 5 nitrogen and oxygen atoms in total. The summed E-state index contributed by atoms with van der Waals surface area (Å²) >= 11 is 0. The lowest BCUT2D eigenvalue weighted by Gasteiger charge is -2.01.